The number of piperidine rings is 1. The van der Waals surface area contributed by atoms with Gasteiger partial charge >= 0.3 is 0 Å². The third kappa shape index (κ3) is 7.27. The Morgan fingerprint density at radius 2 is 1.69 bits per heavy atom. The molecular formula is C41H49N5O6. The summed E-state index contributed by atoms with van der Waals surface area (Å²) in [6, 6.07) is 24.5. The van der Waals surface area contributed by atoms with Crippen molar-refractivity contribution >= 4 is 22.9 Å². The lowest BCUT2D eigenvalue weighted by atomic mass is 9.76. The fourth-order valence-corrected chi connectivity index (χ4v) is 7.85. The zero-order valence-electron chi connectivity index (χ0n) is 30.6. The summed E-state index contributed by atoms with van der Waals surface area (Å²) in [5.74, 6) is 4.00. The number of hydrogen-bond donors (Lipinski definition) is 1. The van der Waals surface area contributed by atoms with Crippen molar-refractivity contribution in [3.05, 3.63) is 95.9 Å². The Balaban J connectivity index is 1.04. The summed E-state index contributed by atoms with van der Waals surface area (Å²) in [5, 5.41) is 3.78. The molecule has 2 saturated heterocycles. The van der Waals surface area contributed by atoms with E-state index in [1.807, 2.05) is 30.0 Å². The number of aromatic nitrogens is 2. The Morgan fingerprint density at radius 3 is 2.37 bits per heavy atom. The van der Waals surface area contributed by atoms with Crippen LogP contribution in [0, 0.1) is 0 Å². The SMILES string of the molecule is CCOc1ccc(C2(CCN3CCC(Nc4nc5ccccc5n4Cc4ccco4)CC3)CCN(C(=O)c3cc(OC)c(OC)c(OC)c3)C2)cc1. The molecule has 0 saturated carbocycles. The van der Waals surface area contributed by atoms with Gasteiger partial charge in [0.2, 0.25) is 11.7 Å². The zero-order chi connectivity index (χ0) is 36.1. The lowest BCUT2D eigenvalue weighted by Gasteiger charge is -2.36. The van der Waals surface area contributed by atoms with Crippen molar-refractivity contribution in [1.29, 1.82) is 0 Å². The van der Waals surface area contributed by atoms with Gasteiger partial charge in [-0.3, -0.25) is 4.79 Å². The highest BCUT2D eigenvalue weighted by Crippen LogP contribution is 2.42. The summed E-state index contributed by atoms with van der Waals surface area (Å²) in [6.07, 6.45) is 5.57. The molecule has 52 heavy (non-hydrogen) atoms. The molecule has 5 aromatic rings. The van der Waals surface area contributed by atoms with Crippen LogP contribution in [0.5, 0.6) is 23.0 Å². The second-order valence-corrected chi connectivity index (χ2v) is 13.7. The van der Waals surface area contributed by atoms with Crippen molar-refractivity contribution in [2.24, 2.45) is 0 Å². The lowest BCUT2D eigenvalue weighted by Crippen LogP contribution is -2.42. The van der Waals surface area contributed by atoms with E-state index in [9.17, 15) is 4.79 Å². The highest BCUT2D eigenvalue weighted by Gasteiger charge is 2.42. The van der Waals surface area contributed by atoms with Gasteiger partial charge in [0, 0.05) is 43.2 Å². The van der Waals surface area contributed by atoms with Crippen LogP contribution in [0.2, 0.25) is 0 Å². The van der Waals surface area contributed by atoms with E-state index in [4.69, 9.17) is 28.3 Å². The highest BCUT2D eigenvalue weighted by atomic mass is 16.5. The minimum atomic E-state index is -0.188. The van der Waals surface area contributed by atoms with Gasteiger partial charge in [-0.25, -0.2) is 4.98 Å². The number of carbonyl (C=O) groups excluding carboxylic acids is 1. The molecule has 2 aliphatic heterocycles. The van der Waals surface area contributed by atoms with Crippen molar-refractivity contribution in [3.8, 4) is 23.0 Å². The predicted molar refractivity (Wildman–Crippen MR) is 201 cm³/mol. The number of rotatable bonds is 14. The van der Waals surface area contributed by atoms with E-state index in [1.165, 1.54) is 5.56 Å². The second-order valence-electron chi connectivity index (χ2n) is 13.7. The Bertz CT molecular complexity index is 1930. The number of fused-ring (bicyclic) bond motifs is 1. The van der Waals surface area contributed by atoms with Crippen molar-refractivity contribution in [2.45, 2.75) is 50.6 Å². The zero-order valence-corrected chi connectivity index (χ0v) is 30.6. The highest BCUT2D eigenvalue weighted by molar-refractivity contribution is 5.96. The van der Waals surface area contributed by atoms with E-state index in [-0.39, 0.29) is 11.3 Å². The molecule has 2 aromatic heterocycles. The van der Waals surface area contributed by atoms with E-state index in [2.05, 4.69) is 57.2 Å². The maximum atomic E-state index is 14.0. The largest absolute Gasteiger partial charge is 0.494 e. The van der Waals surface area contributed by atoms with E-state index >= 15 is 0 Å². The first-order valence-electron chi connectivity index (χ1n) is 18.2. The maximum Gasteiger partial charge on any atom is 0.254 e. The van der Waals surface area contributed by atoms with Crippen LogP contribution >= 0.6 is 0 Å². The molecule has 0 spiro atoms. The van der Waals surface area contributed by atoms with Crippen molar-refractivity contribution in [1.82, 2.24) is 19.4 Å². The van der Waals surface area contributed by atoms with Gasteiger partial charge in [-0.1, -0.05) is 24.3 Å². The van der Waals surface area contributed by atoms with Crippen LogP contribution in [0.1, 0.15) is 54.3 Å². The lowest BCUT2D eigenvalue weighted by molar-refractivity contribution is 0.0779. The molecule has 1 N–H and O–H groups in total. The number of furan rings is 1. The number of hydrogen-bond acceptors (Lipinski definition) is 9. The molecule has 1 atom stereocenters. The summed E-state index contributed by atoms with van der Waals surface area (Å²) in [4.78, 5) is 23.5. The monoisotopic (exact) mass is 707 g/mol. The Labute approximate surface area is 305 Å². The molecule has 2 aliphatic rings. The number of carbonyl (C=O) groups is 1. The van der Waals surface area contributed by atoms with Crippen LogP contribution < -0.4 is 24.3 Å². The van der Waals surface area contributed by atoms with Gasteiger partial charge in [-0.2, -0.15) is 0 Å². The number of nitrogens with zero attached hydrogens (tertiary/aromatic N) is 4. The average molecular weight is 708 g/mol. The normalized spacial score (nSPS) is 18.1. The van der Waals surface area contributed by atoms with Crippen LogP contribution in [-0.4, -0.2) is 92.0 Å². The third-order valence-corrected chi connectivity index (χ3v) is 10.7. The molecule has 0 aliphatic carbocycles. The minimum absolute atomic E-state index is 0.0444. The summed E-state index contributed by atoms with van der Waals surface area (Å²) in [5.41, 5.74) is 3.63. The number of para-hydroxylation sites is 2. The first-order valence-corrected chi connectivity index (χ1v) is 18.2. The Kier molecular flexibility index (Phi) is 10.6. The molecule has 4 heterocycles. The molecule has 2 fully saturated rings. The standard InChI is InChI=1S/C41H49N5O6/c1-5-51-32-14-12-30(13-15-32)41(19-23-45(28-41)39(47)29-25-36(48-2)38(50-4)37(26-29)49-3)18-22-44-20-16-31(17-21-44)42-40-43-34-10-6-7-11-35(34)46(40)27-33-9-8-24-52-33/h6-15,24-26,31H,5,16-23,27-28H2,1-4H3,(H,42,43). The van der Waals surface area contributed by atoms with Gasteiger partial charge in [0.05, 0.1) is 51.8 Å². The van der Waals surface area contributed by atoms with Gasteiger partial charge in [-0.15, -0.1) is 0 Å². The summed E-state index contributed by atoms with van der Waals surface area (Å²) < 4.78 is 30.3. The molecule has 11 heteroatoms. The number of methoxy groups -OCH3 is 3. The van der Waals surface area contributed by atoms with Crippen LogP contribution in [0.25, 0.3) is 11.0 Å². The molecule has 1 unspecified atom stereocenters. The van der Waals surface area contributed by atoms with E-state index < -0.39 is 0 Å². The number of amides is 1. The van der Waals surface area contributed by atoms with Crippen molar-refractivity contribution in [2.75, 3.05) is 66.0 Å². The van der Waals surface area contributed by atoms with Gasteiger partial charge in [-0.05, 0) is 93.2 Å². The number of imidazole rings is 1. The quantitative estimate of drug-likeness (QED) is 0.133. The van der Waals surface area contributed by atoms with E-state index in [0.29, 0.717) is 55.1 Å². The first-order chi connectivity index (χ1) is 25.4. The van der Waals surface area contributed by atoms with Gasteiger partial charge in [0.25, 0.3) is 5.91 Å². The molecule has 274 valence electrons. The third-order valence-electron chi connectivity index (χ3n) is 10.7. The minimum Gasteiger partial charge on any atom is -0.494 e. The number of ether oxygens (including phenoxy) is 4. The molecule has 7 rings (SSSR count). The molecule has 0 radical (unpaired) electrons. The number of likely N-dealkylation sites (tertiary alicyclic amines) is 2. The van der Waals surface area contributed by atoms with Gasteiger partial charge in [0.1, 0.15) is 11.5 Å². The maximum absolute atomic E-state index is 14.0. The number of benzene rings is 3. The Hall–Kier alpha value is -5.16. The second kappa shape index (κ2) is 15.6. The van der Waals surface area contributed by atoms with Crippen LogP contribution in [0.3, 0.4) is 0 Å². The smallest absolute Gasteiger partial charge is 0.254 e. The molecule has 1 amide bonds. The Morgan fingerprint density at radius 1 is 0.942 bits per heavy atom. The van der Waals surface area contributed by atoms with E-state index in [0.717, 1.165) is 73.8 Å². The fraction of sp³-hybridized carbons (Fsp3) is 0.415. The van der Waals surface area contributed by atoms with Crippen molar-refractivity contribution < 1.29 is 28.2 Å². The van der Waals surface area contributed by atoms with Gasteiger partial charge in [0.15, 0.2) is 11.5 Å². The summed E-state index contributed by atoms with van der Waals surface area (Å²) in [7, 11) is 4.69. The van der Waals surface area contributed by atoms with Crippen LogP contribution in [0.15, 0.2) is 83.5 Å². The van der Waals surface area contributed by atoms with Gasteiger partial charge < -0.3 is 43.0 Å². The average Bonchev–Trinajstić information content (AvgIpc) is 3.94. The first kappa shape index (κ1) is 35.3. The fourth-order valence-electron chi connectivity index (χ4n) is 7.85. The van der Waals surface area contributed by atoms with Crippen molar-refractivity contribution in [3.63, 3.8) is 0 Å². The summed E-state index contributed by atoms with van der Waals surface area (Å²) in [6.45, 7) is 7.45. The van der Waals surface area contributed by atoms with E-state index in [1.54, 1.807) is 39.7 Å². The predicted octanol–water partition coefficient (Wildman–Crippen LogP) is 6.85. The summed E-state index contributed by atoms with van der Waals surface area (Å²) >= 11 is 0. The molecule has 11 nitrogen and oxygen atoms in total. The number of anilines is 1. The van der Waals surface area contributed by atoms with Crippen LogP contribution in [-0.2, 0) is 12.0 Å². The topological polar surface area (TPSA) is 103 Å². The molecular weight excluding hydrogens is 658 g/mol. The van der Waals surface area contributed by atoms with Crippen LogP contribution in [0.4, 0.5) is 5.95 Å². The molecule has 0 bridgehead atoms. The number of nitrogens with one attached hydrogen (secondary N) is 1. The molecule has 3 aromatic carbocycles.